The minimum Gasteiger partial charge on any atom is -0.496 e. The predicted octanol–water partition coefficient (Wildman–Crippen LogP) is 8.34. The van der Waals surface area contributed by atoms with E-state index >= 15 is 0 Å². The molecule has 2 amide bonds. The molecular formula is C41H46N4O4. The Kier molecular flexibility index (Phi) is 10.3. The Labute approximate surface area is 289 Å². The van der Waals surface area contributed by atoms with E-state index in [9.17, 15) is 9.59 Å². The van der Waals surface area contributed by atoms with Crippen molar-refractivity contribution in [1.82, 2.24) is 19.6 Å². The van der Waals surface area contributed by atoms with Crippen LogP contribution in [-0.4, -0.2) is 64.7 Å². The number of carbonyl (C=O) groups excluding carboxylic acids is 2. The molecule has 0 bridgehead atoms. The molecule has 0 saturated heterocycles. The monoisotopic (exact) mass is 658 g/mol. The van der Waals surface area contributed by atoms with Gasteiger partial charge in [0.25, 0.3) is 11.8 Å². The van der Waals surface area contributed by atoms with Crippen LogP contribution in [0.4, 0.5) is 0 Å². The molecule has 254 valence electrons. The molecule has 5 aromatic rings. The zero-order valence-corrected chi connectivity index (χ0v) is 29.2. The van der Waals surface area contributed by atoms with Crippen LogP contribution >= 0.6 is 0 Å². The second-order valence-electron chi connectivity index (χ2n) is 12.8. The minimum atomic E-state index is -0.130. The first-order valence-corrected chi connectivity index (χ1v) is 17.4. The van der Waals surface area contributed by atoms with Crippen molar-refractivity contribution in [3.05, 3.63) is 107 Å². The van der Waals surface area contributed by atoms with Crippen molar-refractivity contribution >= 4 is 22.6 Å². The smallest absolute Gasteiger partial charge is 0.274 e. The van der Waals surface area contributed by atoms with Gasteiger partial charge >= 0.3 is 0 Å². The fourth-order valence-electron chi connectivity index (χ4n) is 6.83. The average Bonchev–Trinajstić information content (AvgIpc) is 3.58. The number of hydrogen-bond donors (Lipinski definition) is 0. The third kappa shape index (κ3) is 6.77. The number of carbonyl (C=O) groups is 2. The van der Waals surface area contributed by atoms with Crippen molar-refractivity contribution in [2.75, 3.05) is 27.3 Å². The van der Waals surface area contributed by atoms with Gasteiger partial charge in [0.1, 0.15) is 5.75 Å². The summed E-state index contributed by atoms with van der Waals surface area (Å²) in [5, 5.41) is 6.84. The number of aromatic nitrogens is 2. The van der Waals surface area contributed by atoms with Crippen molar-refractivity contribution in [2.24, 2.45) is 0 Å². The van der Waals surface area contributed by atoms with Gasteiger partial charge in [-0.2, -0.15) is 9.78 Å². The normalized spacial score (nSPS) is 14.1. The number of unbranched alkanes of at least 4 members (excludes halogenated alkanes) is 2. The fourth-order valence-corrected chi connectivity index (χ4v) is 6.83. The van der Waals surface area contributed by atoms with Crippen LogP contribution in [-0.2, 0) is 13.0 Å². The van der Waals surface area contributed by atoms with Gasteiger partial charge in [-0.3, -0.25) is 9.59 Å². The standard InChI is InChI=1S/C41H46N4O4/c1-6-8-22-43(23-9-7-2)41(47)36-26-39(49-5)45(42-36)37-20-18-30(32-19-21-38(48-4)34-17-13-12-16-33(32)34)25-35(37)40(46)44-27-31-15-11-10-14-29(31)24-28(44)3/h10-21,25-26,28H,6-9,22-24,27H2,1-5H3. The minimum absolute atomic E-state index is 0.0110. The third-order valence-corrected chi connectivity index (χ3v) is 9.59. The molecule has 0 spiro atoms. The van der Waals surface area contributed by atoms with Gasteiger partial charge in [-0.25, -0.2) is 0 Å². The Hall–Kier alpha value is -5.11. The fraction of sp³-hybridized carbons (Fsp3) is 0.341. The van der Waals surface area contributed by atoms with Crippen LogP contribution in [0, 0.1) is 0 Å². The lowest BCUT2D eigenvalue weighted by Crippen LogP contribution is -2.43. The molecule has 8 nitrogen and oxygen atoms in total. The number of benzene rings is 4. The molecule has 0 radical (unpaired) electrons. The summed E-state index contributed by atoms with van der Waals surface area (Å²) in [6.45, 7) is 8.20. The number of nitrogens with zero attached hydrogens (tertiary/aromatic N) is 4. The largest absolute Gasteiger partial charge is 0.496 e. The van der Waals surface area contributed by atoms with Crippen LogP contribution in [0.15, 0.2) is 84.9 Å². The molecule has 0 N–H and O–H groups in total. The van der Waals surface area contributed by atoms with Crippen LogP contribution in [0.25, 0.3) is 27.6 Å². The van der Waals surface area contributed by atoms with Gasteiger partial charge < -0.3 is 19.3 Å². The molecule has 1 aromatic heterocycles. The Morgan fingerprint density at radius 2 is 1.53 bits per heavy atom. The molecule has 6 rings (SSSR count). The quantitative estimate of drug-likeness (QED) is 0.135. The molecule has 49 heavy (non-hydrogen) atoms. The van der Waals surface area contributed by atoms with E-state index in [1.807, 2.05) is 64.4 Å². The van der Waals surface area contributed by atoms with Gasteiger partial charge in [-0.05, 0) is 72.0 Å². The average molecular weight is 659 g/mol. The van der Waals surface area contributed by atoms with Gasteiger partial charge in [-0.15, -0.1) is 0 Å². The summed E-state index contributed by atoms with van der Waals surface area (Å²) in [6.07, 6.45) is 4.60. The number of ether oxygens (including phenoxy) is 2. The first kappa shape index (κ1) is 33.8. The van der Waals surface area contributed by atoms with Crippen molar-refractivity contribution in [2.45, 2.75) is 65.5 Å². The molecular weight excluding hydrogens is 612 g/mol. The van der Waals surface area contributed by atoms with E-state index in [1.54, 1.807) is 25.0 Å². The molecule has 8 heteroatoms. The second kappa shape index (κ2) is 15.0. The summed E-state index contributed by atoms with van der Waals surface area (Å²) in [4.78, 5) is 32.4. The summed E-state index contributed by atoms with van der Waals surface area (Å²) >= 11 is 0. The van der Waals surface area contributed by atoms with Crippen LogP contribution in [0.3, 0.4) is 0 Å². The number of rotatable bonds is 12. The molecule has 1 unspecified atom stereocenters. The van der Waals surface area contributed by atoms with Gasteiger partial charge in [0.05, 0.1) is 25.5 Å². The SMILES string of the molecule is CCCCN(CCCC)C(=O)c1cc(OC)n(-c2ccc(-c3ccc(OC)c4ccccc34)cc2C(=O)N2Cc3ccccc3CC2C)n1. The Bertz CT molecular complexity index is 1960. The Morgan fingerprint density at radius 3 is 2.22 bits per heavy atom. The lowest BCUT2D eigenvalue weighted by molar-refractivity contribution is 0.0657. The second-order valence-corrected chi connectivity index (χ2v) is 12.8. The maximum absolute atomic E-state index is 14.8. The van der Waals surface area contributed by atoms with Gasteiger partial charge in [-0.1, -0.05) is 87.4 Å². The zero-order valence-electron chi connectivity index (χ0n) is 29.2. The topological polar surface area (TPSA) is 76.9 Å². The number of methoxy groups -OCH3 is 2. The van der Waals surface area contributed by atoms with Crippen LogP contribution in [0.5, 0.6) is 11.6 Å². The maximum atomic E-state index is 14.8. The van der Waals surface area contributed by atoms with E-state index in [-0.39, 0.29) is 17.9 Å². The molecule has 1 aliphatic heterocycles. The summed E-state index contributed by atoms with van der Waals surface area (Å²) < 4.78 is 13.1. The van der Waals surface area contributed by atoms with Crippen molar-refractivity contribution in [3.8, 4) is 28.4 Å². The lowest BCUT2D eigenvalue weighted by Gasteiger charge is -2.35. The van der Waals surface area contributed by atoms with Gasteiger partial charge in [0.2, 0.25) is 5.88 Å². The van der Waals surface area contributed by atoms with E-state index in [0.29, 0.717) is 42.5 Å². The van der Waals surface area contributed by atoms with E-state index < -0.39 is 0 Å². The Balaban J connectivity index is 1.48. The molecule has 0 saturated carbocycles. The van der Waals surface area contributed by atoms with Crippen LogP contribution < -0.4 is 9.47 Å². The highest BCUT2D eigenvalue weighted by Crippen LogP contribution is 2.37. The molecule has 2 heterocycles. The van der Waals surface area contributed by atoms with E-state index in [1.165, 1.54) is 5.56 Å². The summed E-state index contributed by atoms with van der Waals surface area (Å²) in [5.41, 5.74) is 5.64. The third-order valence-electron chi connectivity index (χ3n) is 9.59. The first-order valence-electron chi connectivity index (χ1n) is 17.4. The summed E-state index contributed by atoms with van der Waals surface area (Å²) in [7, 11) is 3.24. The number of amides is 2. The number of fused-ring (bicyclic) bond motifs is 2. The summed E-state index contributed by atoms with van der Waals surface area (Å²) in [5.74, 6) is 0.950. The maximum Gasteiger partial charge on any atom is 0.274 e. The zero-order chi connectivity index (χ0) is 34.5. The van der Waals surface area contributed by atoms with E-state index in [4.69, 9.17) is 14.6 Å². The van der Waals surface area contributed by atoms with Crippen molar-refractivity contribution in [3.63, 3.8) is 0 Å². The van der Waals surface area contributed by atoms with E-state index in [0.717, 1.165) is 65.3 Å². The molecule has 0 aliphatic carbocycles. The first-order chi connectivity index (χ1) is 23.9. The van der Waals surface area contributed by atoms with Crippen LogP contribution in [0.1, 0.15) is 78.4 Å². The van der Waals surface area contributed by atoms with Gasteiger partial charge in [0.15, 0.2) is 5.69 Å². The van der Waals surface area contributed by atoms with Gasteiger partial charge in [0, 0.05) is 37.1 Å². The summed E-state index contributed by atoms with van der Waals surface area (Å²) in [6, 6.07) is 28.0. The van der Waals surface area contributed by atoms with Crippen molar-refractivity contribution in [1.29, 1.82) is 0 Å². The predicted molar refractivity (Wildman–Crippen MR) is 195 cm³/mol. The highest BCUT2D eigenvalue weighted by Gasteiger charge is 2.31. The van der Waals surface area contributed by atoms with E-state index in [2.05, 4.69) is 45.0 Å². The number of hydrogen-bond acceptors (Lipinski definition) is 5. The van der Waals surface area contributed by atoms with Crippen LogP contribution in [0.2, 0.25) is 0 Å². The highest BCUT2D eigenvalue weighted by atomic mass is 16.5. The molecule has 4 aromatic carbocycles. The Morgan fingerprint density at radius 1 is 0.837 bits per heavy atom. The van der Waals surface area contributed by atoms with Crippen molar-refractivity contribution < 1.29 is 19.1 Å². The lowest BCUT2D eigenvalue weighted by atomic mass is 9.93. The molecule has 0 fully saturated rings. The highest BCUT2D eigenvalue weighted by molar-refractivity contribution is 6.03. The molecule has 1 atom stereocenters. The molecule has 1 aliphatic rings.